The van der Waals surface area contributed by atoms with Crippen LogP contribution in [0.15, 0.2) is 12.2 Å². The van der Waals surface area contributed by atoms with Crippen LogP contribution < -0.4 is 5.32 Å². The quantitative estimate of drug-likeness (QED) is 0.0196. The lowest BCUT2D eigenvalue weighted by atomic mass is 9.99. The number of hydrogen-bond acceptors (Lipinski definition) is 10. The Kier molecular flexibility index (Phi) is 44.3. The highest BCUT2D eigenvalue weighted by atomic mass is 16.7. The van der Waals surface area contributed by atoms with Gasteiger partial charge in [-0.3, -0.25) is 9.59 Å². The van der Waals surface area contributed by atoms with Gasteiger partial charge in [-0.1, -0.05) is 238 Å². The van der Waals surface area contributed by atoms with Gasteiger partial charge in [-0.2, -0.15) is 0 Å². The van der Waals surface area contributed by atoms with E-state index in [9.17, 15) is 35.1 Å². The van der Waals surface area contributed by atoms with Gasteiger partial charge < -0.3 is 45.1 Å². The summed E-state index contributed by atoms with van der Waals surface area (Å²) >= 11 is 0. The molecule has 11 heteroatoms. The van der Waals surface area contributed by atoms with E-state index in [0.29, 0.717) is 19.4 Å². The minimum Gasteiger partial charge on any atom is -0.466 e. The standard InChI is InChI=1S/C56H107NO10/c1-3-5-7-9-11-13-15-16-17-19-23-26-30-34-38-42-49(59)48(47-66-56-55(64)54(63)53(62)50(46-58)67-56)57-51(60)43-39-35-31-27-24-20-18-21-25-29-33-37-41-45-65-52(61)44-40-36-32-28-22-14-12-10-8-6-4-2/h38,42,48-50,53-56,58-59,62-64H,3-37,39-41,43-47H2,1-2H3,(H,57,60)/b42-38+. The summed E-state index contributed by atoms with van der Waals surface area (Å²) in [6.07, 6.45) is 42.7. The Morgan fingerprint density at radius 3 is 1.39 bits per heavy atom. The molecule has 1 heterocycles. The van der Waals surface area contributed by atoms with E-state index in [1.165, 1.54) is 173 Å². The monoisotopic (exact) mass is 954 g/mol. The van der Waals surface area contributed by atoms with Gasteiger partial charge in [-0.05, 0) is 32.1 Å². The summed E-state index contributed by atoms with van der Waals surface area (Å²) in [4.78, 5) is 25.1. The summed E-state index contributed by atoms with van der Waals surface area (Å²) in [6.45, 7) is 4.31. The minimum absolute atomic E-state index is 0.0274. The molecule has 0 aromatic rings. The SMILES string of the molecule is CCCCCCCCCCCCCCC/C=C/C(O)C(COC1OC(CO)C(O)C(O)C1O)NC(=O)CCCCCCCCCCCCCCCOC(=O)CCCCCCCCCCCCC. The van der Waals surface area contributed by atoms with E-state index < -0.39 is 49.5 Å². The Hall–Kier alpha value is -1.60. The van der Waals surface area contributed by atoms with Gasteiger partial charge in [0, 0.05) is 12.8 Å². The van der Waals surface area contributed by atoms with Crippen molar-refractivity contribution < 1.29 is 49.3 Å². The summed E-state index contributed by atoms with van der Waals surface area (Å²) in [7, 11) is 0. The summed E-state index contributed by atoms with van der Waals surface area (Å²) in [5.74, 6) is -0.220. The molecule has 1 aliphatic rings. The minimum atomic E-state index is -1.57. The number of esters is 1. The Balaban J connectivity index is 2.18. The van der Waals surface area contributed by atoms with Gasteiger partial charge in [0.1, 0.15) is 24.4 Å². The summed E-state index contributed by atoms with van der Waals surface area (Å²) in [5, 5.41) is 54.4. The van der Waals surface area contributed by atoms with Gasteiger partial charge in [0.15, 0.2) is 6.29 Å². The van der Waals surface area contributed by atoms with Crippen molar-refractivity contribution >= 4 is 11.9 Å². The predicted molar refractivity (Wildman–Crippen MR) is 274 cm³/mol. The molecule has 0 aromatic carbocycles. The molecule has 1 aliphatic heterocycles. The fourth-order valence-electron chi connectivity index (χ4n) is 9.08. The molecule has 0 radical (unpaired) electrons. The fourth-order valence-corrected chi connectivity index (χ4v) is 9.08. The lowest BCUT2D eigenvalue weighted by Crippen LogP contribution is -2.60. The Labute approximate surface area is 410 Å². The molecule has 1 saturated heterocycles. The molecule has 1 rings (SSSR count). The molecule has 7 atom stereocenters. The third-order valence-corrected chi connectivity index (χ3v) is 13.7. The molecule has 1 fully saturated rings. The molecule has 0 aliphatic carbocycles. The van der Waals surface area contributed by atoms with E-state index >= 15 is 0 Å². The first-order valence-corrected chi connectivity index (χ1v) is 28.5. The van der Waals surface area contributed by atoms with E-state index in [1.807, 2.05) is 6.08 Å². The van der Waals surface area contributed by atoms with E-state index in [4.69, 9.17) is 14.2 Å². The molecule has 0 saturated carbocycles. The highest BCUT2D eigenvalue weighted by Crippen LogP contribution is 2.23. The van der Waals surface area contributed by atoms with Crippen molar-refractivity contribution in [3.05, 3.63) is 12.2 Å². The van der Waals surface area contributed by atoms with E-state index in [2.05, 4.69) is 19.2 Å². The molecule has 11 nitrogen and oxygen atoms in total. The van der Waals surface area contributed by atoms with Crippen LogP contribution in [0.1, 0.15) is 271 Å². The molecule has 0 aromatic heterocycles. The van der Waals surface area contributed by atoms with E-state index in [-0.39, 0.29) is 18.5 Å². The first-order valence-electron chi connectivity index (χ1n) is 28.5. The van der Waals surface area contributed by atoms with Crippen molar-refractivity contribution in [3.8, 4) is 0 Å². The maximum absolute atomic E-state index is 13.0. The number of hydrogen-bond donors (Lipinski definition) is 6. The van der Waals surface area contributed by atoms with Gasteiger partial charge in [-0.25, -0.2) is 0 Å². The summed E-state index contributed by atoms with van der Waals surface area (Å²) < 4.78 is 16.7. The number of carbonyl (C=O) groups excluding carboxylic acids is 2. The smallest absolute Gasteiger partial charge is 0.305 e. The first-order chi connectivity index (χ1) is 32.7. The number of carbonyl (C=O) groups is 2. The van der Waals surface area contributed by atoms with Crippen LogP contribution in [0.2, 0.25) is 0 Å². The topological polar surface area (TPSA) is 175 Å². The van der Waals surface area contributed by atoms with Crippen LogP contribution in [-0.2, 0) is 23.8 Å². The molecule has 0 spiro atoms. The highest BCUT2D eigenvalue weighted by Gasteiger charge is 2.44. The van der Waals surface area contributed by atoms with Crippen LogP contribution in [0.25, 0.3) is 0 Å². The molecular formula is C56H107NO10. The van der Waals surface area contributed by atoms with E-state index in [1.54, 1.807) is 6.08 Å². The lowest BCUT2D eigenvalue weighted by Gasteiger charge is -2.40. The number of rotatable bonds is 49. The van der Waals surface area contributed by atoms with Crippen molar-refractivity contribution in [1.29, 1.82) is 0 Å². The molecule has 396 valence electrons. The number of amides is 1. The normalized spacial score (nSPS) is 19.5. The molecule has 67 heavy (non-hydrogen) atoms. The van der Waals surface area contributed by atoms with Crippen molar-refractivity contribution in [3.63, 3.8) is 0 Å². The zero-order valence-corrected chi connectivity index (χ0v) is 43.4. The van der Waals surface area contributed by atoms with Crippen LogP contribution in [0.4, 0.5) is 0 Å². The first kappa shape index (κ1) is 63.4. The summed E-state index contributed by atoms with van der Waals surface area (Å²) in [6, 6.07) is -0.818. The number of aliphatic hydroxyl groups is 5. The van der Waals surface area contributed by atoms with Crippen LogP contribution in [0.3, 0.4) is 0 Å². The van der Waals surface area contributed by atoms with Gasteiger partial charge in [0.25, 0.3) is 0 Å². The maximum Gasteiger partial charge on any atom is 0.305 e. The number of nitrogens with one attached hydrogen (secondary N) is 1. The lowest BCUT2D eigenvalue weighted by molar-refractivity contribution is -0.302. The van der Waals surface area contributed by atoms with Crippen LogP contribution in [-0.4, -0.2) is 100 Å². The average molecular weight is 954 g/mol. The highest BCUT2D eigenvalue weighted by molar-refractivity contribution is 5.76. The van der Waals surface area contributed by atoms with Gasteiger partial charge in [0.05, 0.1) is 32.0 Å². The van der Waals surface area contributed by atoms with Crippen LogP contribution in [0, 0.1) is 0 Å². The van der Waals surface area contributed by atoms with Crippen molar-refractivity contribution in [2.45, 2.75) is 314 Å². The Morgan fingerprint density at radius 2 is 0.940 bits per heavy atom. The van der Waals surface area contributed by atoms with E-state index in [0.717, 1.165) is 70.6 Å². The Morgan fingerprint density at radius 1 is 0.537 bits per heavy atom. The fraction of sp³-hybridized carbons (Fsp3) is 0.929. The number of unbranched alkanes of at least 4 members (excludes halogenated alkanes) is 35. The maximum atomic E-state index is 13.0. The summed E-state index contributed by atoms with van der Waals surface area (Å²) in [5.41, 5.74) is 0. The third kappa shape index (κ3) is 36.9. The van der Waals surface area contributed by atoms with Crippen molar-refractivity contribution in [1.82, 2.24) is 5.32 Å². The van der Waals surface area contributed by atoms with Crippen LogP contribution >= 0.6 is 0 Å². The molecule has 6 N–H and O–H groups in total. The molecular weight excluding hydrogens is 847 g/mol. The zero-order valence-electron chi connectivity index (χ0n) is 43.4. The van der Waals surface area contributed by atoms with Gasteiger partial charge in [-0.15, -0.1) is 0 Å². The second kappa shape index (κ2) is 46.8. The number of allylic oxidation sites excluding steroid dienone is 1. The van der Waals surface area contributed by atoms with Gasteiger partial charge in [0.2, 0.25) is 5.91 Å². The van der Waals surface area contributed by atoms with Crippen molar-refractivity contribution in [2.75, 3.05) is 19.8 Å². The number of aliphatic hydroxyl groups excluding tert-OH is 5. The van der Waals surface area contributed by atoms with Crippen LogP contribution in [0.5, 0.6) is 0 Å². The largest absolute Gasteiger partial charge is 0.466 e. The number of ether oxygens (including phenoxy) is 3. The molecule has 7 unspecified atom stereocenters. The second-order valence-corrected chi connectivity index (χ2v) is 20.0. The zero-order chi connectivity index (χ0) is 48.8. The average Bonchev–Trinajstić information content (AvgIpc) is 3.32. The molecule has 0 bridgehead atoms. The van der Waals surface area contributed by atoms with Gasteiger partial charge >= 0.3 is 5.97 Å². The predicted octanol–water partition coefficient (Wildman–Crippen LogP) is 12.4. The Bertz CT molecular complexity index is 1120. The molecule has 1 amide bonds. The van der Waals surface area contributed by atoms with Crippen molar-refractivity contribution in [2.24, 2.45) is 0 Å². The second-order valence-electron chi connectivity index (χ2n) is 20.0. The third-order valence-electron chi connectivity index (χ3n) is 13.7.